The number of amides is 2. The second-order valence-electron chi connectivity index (χ2n) is 9.47. The second-order valence-corrected chi connectivity index (χ2v) is 10.5. The summed E-state index contributed by atoms with van der Waals surface area (Å²) in [6, 6.07) is 18.2. The fourth-order valence-electron chi connectivity index (χ4n) is 5.88. The second kappa shape index (κ2) is 7.36. The predicted molar refractivity (Wildman–Crippen MR) is 144 cm³/mol. The number of carbonyl (C=O) groups is 2. The molecule has 8 heteroatoms. The first-order valence-corrected chi connectivity index (χ1v) is 12.9. The van der Waals surface area contributed by atoms with Crippen LogP contribution in [0.5, 0.6) is 0 Å². The van der Waals surface area contributed by atoms with Crippen molar-refractivity contribution in [3.05, 3.63) is 98.9 Å². The zero-order valence-corrected chi connectivity index (χ0v) is 21.2. The molecular weight excluding hydrogens is 486 g/mol. The lowest BCUT2D eigenvalue weighted by molar-refractivity contribution is -0.121. The Labute approximate surface area is 215 Å². The van der Waals surface area contributed by atoms with Gasteiger partial charge in [0.1, 0.15) is 5.58 Å². The van der Waals surface area contributed by atoms with Crippen LogP contribution in [-0.2, 0) is 10.3 Å². The first-order chi connectivity index (χ1) is 17.9. The molecule has 182 valence electrons. The molecule has 0 N–H and O–H groups in total. The van der Waals surface area contributed by atoms with Crippen molar-refractivity contribution in [3.8, 4) is 0 Å². The number of aromatic nitrogens is 1. The van der Waals surface area contributed by atoms with Gasteiger partial charge in [-0.2, -0.15) is 0 Å². The molecule has 1 unspecified atom stereocenters. The number of nitrogens with zero attached hydrogens (tertiary/aromatic N) is 3. The molecule has 1 spiro atoms. The van der Waals surface area contributed by atoms with Gasteiger partial charge in [-0.3, -0.25) is 19.3 Å². The SMILES string of the molecule is CCN1C(=O)C2(c3ccccc31)c1c(oc3ccccc3c1=O)C(=O)N2c1nc2c(C)cc(C)cc2s1. The van der Waals surface area contributed by atoms with Crippen molar-refractivity contribution in [2.24, 2.45) is 0 Å². The van der Waals surface area contributed by atoms with Gasteiger partial charge in [-0.15, -0.1) is 0 Å². The van der Waals surface area contributed by atoms with Crippen molar-refractivity contribution in [2.75, 3.05) is 16.3 Å². The number of hydrogen-bond donors (Lipinski definition) is 0. The van der Waals surface area contributed by atoms with Gasteiger partial charge in [-0.25, -0.2) is 4.98 Å². The Morgan fingerprint density at radius 3 is 2.57 bits per heavy atom. The van der Waals surface area contributed by atoms with Crippen molar-refractivity contribution in [2.45, 2.75) is 26.3 Å². The van der Waals surface area contributed by atoms with Crippen LogP contribution >= 0.6 is 11.3 Å². The van der Waals surface area contributed by atoms with E-state index in [1.54, 1.807) is 29.2 Å². The number of rotatable bonds is 2. The van der Waals surface area contributed by atoms with E-state index in [4.69, 9.17) is 9.40 Å². The van der Waals surface area contributed by atoms with Gasteiger partial charge in [0.15, 0.2) is 16.1 Å². The van der Waals surface area contributed by atoms with Crippen LogP contribution in [0.15, 0.2) is 69.9 Å². The van der Waals surface area contributed by atoms with E-state index < -0.39 is 11.4 Å². The van der Waals surface area contributed by atoms with E-state index in [1.807, 2.05) is 57.2 Å². The molecular formula is C29H21N3O4S. The Morgan fingerprint density at radius 1 is 1.00 bits per heavy atom. The van der Waals surface area contributed by atoms with E-state index in [9.17, 15) is 14.4 Å². The van der Waals surface area contributed by atoms with Crippen LogP contribution in [0.1, 0.15) is 39.7 Å². The molecule has 0 fully saturated rings. The average Bonchev–Trinajstić information content (AvgIpc) is 3.49. The largest absolute Gasteiger partial charge is 0.450 e. The van der Waals surface area contributed by atoms with Crippen LogP contribution in [-0.4, -0.2) is 23.3 Å². The third kappa shape index (κ3) is 2.60. The minimum Gasteiger partial charge on any atom is -0.450 e. The van der Waals surface area contributed by atoms with Crippen LogP contribution < -0.4 is 15.2 Å². The molecule has 0 aliphatic carbocycles. The van der Waals surface area contributed by atoms with E-state index in [1.165, 1.54) is 16.2 Å². The molecule has 2 aliphatic rings. The molecule has 0 saturated carbocycles. The number of fused-ring (bicyclic) bond motifs is 6. The highest BCUT2D eigenvalue weighted by atomic mass is 32.1. The molecule has 0 radical (unpaired) electrons. The summed E-state index contributed by atoms with van der Waals surface area (Å²) in [5.41, 5.74) is 2.32. The quantitative estimate of drug-likeness (QED) is 0.324. The number of benzene rings is 3. The minimum absolute atomic E-state index is 0.0526. The zero-order chi connectivity index (χ0) is 25.6. The van der Waals surface area contributed by atoms with E-state index >= 15 is 0 Å². The van der Waals surface area contributed by atoms with Crippen LogP contribution in [0.2, 0.25) is 0 Å². The van der Waals surface area contributed by atoms with Crippen molar-refractivity contribution in [1.29, 1.82) is 0 Å². The molecule has 7 rings (SSSR count). The lowest BCUT2D eigenvalue weighted by Gasteiger charge is -2.32. The van der Waals surface area contributed by atoms with Crippen LogP contribution in [0, 0.1) is 13.8 Å². The van der Waals surface area contributed by atoms with Gasteiger partial charge < -0.3 is 9.32 Å². The molecule has 2 aromatic heterocycles. The highest BCUT2D eigenvalue weighted by Crippen LogP contribution is 2.54. The average molecular weight is 508 g/mol. The lowest BCUT2D eigenvalue weighted by Crippen LogP contribution is -2.53. The Hall–Kier alpha value is -4.30. The zero-order valence-electron chi connectivity index (χ0n) is 20.4. The first-order valence-electron chi connectivity index (χ1n) is 12.1. The summed E-state index contributed by atoms with van der Waals surface area (Å²) < 4.78 is 7.00. The highest BCUT2D eigenvalue weighted by Gasteiger charge is 2.66. The molecule has 0 bridgehead atoms. The molecule has 4 heterocycles. The maximum absolute atomic E-state index is 14.5. The summed E-state index contributed by atoms with van der Waals surface area (Å²) in [5, 5.41) is 0.677. The van der Waals surface area contributed by atoms with E-state index in [0.717, 1.165) is 21.3 Å². The first kappa shape index (κ1) is 21.9. The summed E-state index contributed by atoms with van der Waals surface area (Å²) in [4.78, 5) is 50.7. The van der Waals surface area contributed by atoms with Gasteiger partial charge in [0.25, 0.3) is 11.8 Å². The summed E-state index contributed by atoms with van der Waals surface area (Å²) in [6.45, 7) is 6.24. The molecule has 1 atom stereocenters. The van der Waals surface area contributed by atoms with Crippen molar-refractivity contribution < 1.29 is 14.0 Å². The van der Waals surface area contributed by atoms with Gasteiger partial charge in [-0.1, -0.05) is 47.7 Å². The molecule has 2 amide bonds. The van der Waals surface area contributed by atoms with Gasteiger partial charge in [0.05, 0.1) is 26.9 Å². The van der Waals surface area contributed by atoms with Crippen LogP contribution in [0.4, 0.5) is 10.8 Å². The third-order valence-corrected chi connectivity index (χ3v) is 8.35. The van der Waals surface area contributed by atoms with Crippen LogP contribution in [0.25, 0.3) is 21.2 Å². The smallest absolute Gasteiger partial charge is 0.297 e. The normalized spacial score (nSPS) is 18.5. The summed E-state index contributed by atoms with van der Waals surface area (Å²) >= 11 is 1.33. The van der Waals surface area contributed by atoms with Crippen molar-refractivity contribution in [3.63, 3.8) is 0 Å². The Morgan fingerprint density at radius 2 is 1.76 bits per heavy atom. The number of likely N-dealkylation sites (N-methyl/N-ethyl adjacent to an activating group) is 1. The van der Waals surface area contributed by atoms with Gasteiger partial charge in [0, 0.05) is 12.1 Å². The van der Waals surface area contributed by atoms with Crippen molar-refractivity contribution in [1.82, 2.24) is 4.98 Å². The molecule has 5 aromatic rings. The monoisotopic (exact) mass is 507 g/mol. The predicted octanol–water partition coefficient (Wildman–Crippen LogP) is 5.29. The summed E-state index contributed by atoms with van der Waals surface area (Å²) in [6.07, 6.45) is 0. The highest BCUT2D eigenvalue weighted by molar-refractivity contribution is 7.22. The molecule has 3 aromatic carbocycles. The lowest BCUT2D eigenvalue weighted by atomic mass is 9.84. The Kier molecular flexibility index (Phi) is 4.37. The minimum atomic E-state index is -1.71. The van der Waals surface area contributed by atoms with Gasteiger partial charge in [0.2, 0.25) is 5.76 Å². The van der Waals surface area contributed by atoms with Crippen molar-refractivity contribution >= 4 is 55.2 Å². The van der Waals surface area contributed by atoms with E-state index in [0.29, 0.717) is 33.9 Å². The standard InChI is InChI=1S/C29H21N3O4S/c1-4-31-19-11-7-6-10-18(19)29(27(31)35)22-24(33)17-9-5-8-12-20(17)36-25(22)26(34)32(29)28-30-23-16(3)13-15(2)14-21(23)37-28/h5-14H,4H2,1-3H3. The van der Waals surface area contributed by atoms with E-state index in [-0.39, 0.29) is 22.7 Å². The number of hydrogen-bond acceptors (Lipinski definition) is 6. The Bertz CT molecular complexity index is 1890. The molecule has 37 heavy (non-hydrogen) atoms. The molecule has 2 aliphatic heterocycles. The number of anilines is 2. The fourth-order valence-corrected chi connectivity index (χ4v) is 7.07. The third-order valence-electron chi connectivity index (χ3n) is 7.36. The Balaban J connectivity index is 1.64. The number of thiazole rings is 1. The fraction of sp³-hybridized carbons (Fsp3) is 0.172. The maximum Gasteiger partial charge on any atom is 0.297 e. The van der Waals surface area contributed by atoms with Gasteiger partial charge in [-0.05, 0) is 56.2 Å². The van der Waals surface area contributed by atoms with Gasteiger partial charge >= 0.3 is 0 Å². The van der Waals surface area contributed by atoms with Crippen LogP contribution in [0.3, 0.4) is 0 Å². The molecule has 0 saturated heterocycles. The number of para-hydroxylation sites is 2. The number of aryl methyl sites for hydroxylation is 2. The summed E-state index contributed by atoms with van der Waals surface area (Å²) in [5.74, 6) is -1.03. The molecule has 7 nitrogen and oxygen atoms in total. The maximum atomic E-state index is 14.5. The number of carbonyl (C=O) groups excluding carboxylic acids is 2. The van der Waals surface area contributed by atoms with E-state index in [2.05, 4.69) is 0 Å². The topological polar surface area (TPSA) is 83.7 Å². The summed E-state index contributed by atoms with van der Waals surface area (Å²) in [7, 11) is 0.